The van der Waals surface area contributed by atoms with Crippen LogP contribution in [0.5, 0.6) is 0 Å². The Hall–Kier alpha value is -1.56. The van der Waals surface area contributed by atoms with Crippen LogP contribution >= 0.6 is 10.3 Å². The van der Waals surface area contributed by atoms with E-state index in [-0.39, 0.29) is 17.9 Å². The zero-order valence-corrected chi connectivity index (χ0v) is 21.5. The first-order chi connectivity index (χ1) is 14.5. The molecule has 0 saturated heterocycles. The maximum absolute atomic E-state index is 15.2. The Kier molecular flexibility index (Phi) is 10.5. The van der Waals surface area contributed by atoms with Crippen LogP contribution in [0.3, 0.4) is 0 Å². The Balaban J connectivity index is 0.00000233. The van der Waals surface area contributed by atoms with Crippen LogP contribution in [0, 0.1) is 6.92 Å². The molecule has 2 aromatic rings. The summed E-state index contributed by atoms with van der Waals surface area (Å²) in [5, 5.41) is 3.25. The van der Waals surface area contributed by atoms with Gasteiger partial charge in [0.25, 0.3) is 0 Å². The number of nitrogen functional groups attached to an aromatic ring is 1. The molecular weight excluding hydrogens is 407 g/mol. The minimum Gasteiger partial charge on any atom is -0.399 e. The van der Waals surface area contributed by atoms with Gasteiger partial charge in [-0.3, -0.25) is 0 Å². The van der Waals surface area contributed by atoms with Gasteiger partial charge in [-0.15, -0.1) is 10.3 Å². The maximum Gasteiger partial charge on any atom is 0.144 e. The van der Waals surface area contributed by atoms with Gasteiger partial charge >= 0.3 is 0 Å². The highest BCUT2D eigenvalue weighted by Crippen LogP contribution is 2.63. The number of nitrogens with two attached hydrogens (primary N) is 1. The Morgan fingerprint density at radius 3 is 2.19 bits per heavy atom. The molecule has 3 N–H and O–H groups in total. The number of rotatable bonds is 9. The van der Waals surface area contributed by atoms with Crippen molar-refractivity contribution in [3.05, 3.63) is 59.7 Å². The fraction of sp³-hybridized carbons (Fsp3) is 0.538. The van der Waals surface area contributed by atoms with Crippen molar-refractivity contribution in [3.63, 3.8) is 0 Å². The largest absolute Gasteiger partial charge is 0.399 e. The van der Waals surface area contributed by atoms with Crippen molar-refractivity contribution in [2.75, 3.05) is 31.7 Å². The molecule has 0 aromatic heterocycles. The van der Waals surface area contributed by atoms with E-state index in [0.717, 1.165) is 22.6 Å². The number of halogens is 1. The van der Waals surface area contributed by atoms with Crippen LogP contribution in [0.4, 0.5) is 10.1 Å². The number of nitrogens with one attached hydrogen (secondary N) is 1. The van der Waals surface area contributed by atoms with E-state index in [1.807, 2.05) is 51.1 Å². The van der Waals surface area contributed by atoms with Crippen LogP contribution in [0.15, 0.2) is 53.4 Å². The molecule has 0 fully saturated rings. The summed E-state index contributed by atoms with van der Waals surface area (Å²) in [6, 6.07) is 16.1. The first-order valence-electron chi connectivity index (χ1n) is 11.2. The predicted molar refractivity (Wildman–Crippen MR) is 137 cm³/mol. The minimum atomic E-state index is -1.63. The lowest BCUT2D eigenvalue weighted by Gasteiger charge is -2.48. The lowest BCUT2D eigenvalue weighted by atomic mass is 10.0. The van der Waals surface area contributed by atoms with E-state index in [4.69, 9.17) is 9.92 Å². The molecule has 2 unspecified atom stereocenters. The van der Waals surface area contributed by atoms with Gasteiger partial charge in [-0.05, 0) is 62.4 Å². The van der Waals surface area contributed by atoms with Crippen LogP contribution in [0.2, 0.25) is 0 Å². The van der Waals surface area contributed by atoms with E-state index < -0.39 is 16.0 Å². The molecule has 0 amide bonds. The van der Waals surface area contributed by atoms with Crippen LogP contribution < -0.4 is 11.1 Å². The third kappa shape index (κ3) is 7.81. The number of alkyl halides is 1. The molecule has 0 aliphatic heterocycles. The van der Waals surface area contributed by atoms with Crippen molar-refractivity contribution in [1.29, 1.82) is 0 Å². The zero-order valence-electron chi connectivity index (χ0n) is 20.7. The van der Waals surface area contributed by atoms with E-state index in [1.165, 1.54) is 5.56 Å². The van der Waals surface area contributed by atoms with Gasteiger partial charge in [0.05, 0.1) is 6.61 Å². The summed E-state index contributed by atoms with van der Waals surface area (Å²) >= 11 is 0. The van der Waals surface area contributed by atoms with Crippen molar-refractivity contribution < 1.29 is 8.57 Å². The molecule has 2 aromatic carbocycles. The molecule has 31 heavy (non-hydrogen) atoms. The van der Waals surface area contributed by atoms with Crippen molar-refractivity contribution in [2.45, 2.75) is 70.2 Å². The molecular formula is C26H43FN2OS. The Morgan fingerprint density at radius 1 is 1.00 bits per heavy atom. The number of hydrogen-bond donors (Lipinski definition) is 2. The monoisotopic (exact) mass is 450 g/mol. The maximum atomic E-state index is 15.2. The number of anilines is 1. The summed E-state index contributed by atoms with van der Waals surface area (Å²) in [6.07, 6.45) is 2.96. The first-order valence-corrected chi connectivity index (χ1v) is 13.1. The van der Waals surface area contributed by atoms with E-state index >= 15 is 4.39 Å². The molecule has 0 radical (unpaired) electrons. The topological polar surface area (TPSA) is 47.3 Å². The highest BCUT2D eigenvalue weighted by atomic mass is 32.3. The summed E-state index contributed by atoms with van der Waals surface area (Å²) in [6.45, 7) is 15.1. The van der Waals surface area contributed by atoms with Gasteiger partial charge in [-0.25, -0.2) is 4.39 Å². The third-order valence-electron chi connectivity index (χ3n) is 5.51. The molecule has 2 atom stereocenters. The van der Waals surface area contributed by atoms with Gasteiger partial charge in [-0.2, -0.15) is 0 Å². The number of benzene rings is 2. The lowest BCUT2D eigenvalue weighted by molar-refractivity contribution is 0.109. The van der Waals surface area contributed by atoms with Gasteiger partial charge in [0, 0.05) is 21.9 Å². The van der Waals surface area contributed by atoms with E-state index in [1.54, 1.807) is 6.92 Å². The number of hydrogen-bond acceptors (Lipinski definition) is 3. The second-order valence-electron chi connectivity index (χ2n) is 9.00. The average molecular weight is 451 g/mol. The fourth-order valence-electron chi connectivity index (χ4n) is 3.12. The molecule has 176 valence electrons. The predicted octanol–water partition coefficient (Wildman–Crippen LogP) is 6.69. The quantitative estimate of drug-likeness (QED) is 0.330. The van der Waals surface area contributed by atoms with Crippen LogP contribution in [0.25, 0.3) is 0 Å². The van der Waals surface area contributed by atoms with Gasteiger partial charge in [0.15, 0.2) is 0 Å². The van der Waals surface area contributed by atoms with Gasteiger partial charge in [0.1, 0.15) is 5.67 Å². The summed E-state index contributed by atoms with van der Waals surface area (Å²) in [5.41, 5.74) is 7.62. The average Bonchev–Trinajstić information content (AvgIpc) is 2.73. The minimum absolute atomic E-state index is 0.0648. The Labute approximate surface area is 191 Å². The zero-order chi connectivity index (χ0) is 23.7. The third-order valence-corrected chi connectivity index (χ3v) is 9.61. The Morgan fingerprint density at radius 2 is 1.61 bits per heavy atom. The smallest absolute Gasteiger partial charge is 0.144 e. The summed E-state index contributed by atoms with van der Waals surface area (Å²) < 4.78 is 21.5. The van der Waals surface area contributed by atoms with Crippen molar-refractivity contribution in [1.82, 2.24) is 5.32 Å². The molecule has 0 heterocycles. The van der Waals surface area contributed by atoms with Crippen LogP contribution in [0.1, 0.15) is 52.7 Å². The molecule has 5 heteroatoms. The van der Waals surface area contributed by atoms with Crippen LogP contribution in [-0.2, 0) is 10.6 Å². The highest BCUT2D eigenvalue weighted by Gasteiger charge is 2.37. The normalized spacial score (nSPS) is 16.4. The summed E-state index contributed by atoms with van der Waals surface area (Å²) in [4.78, 5) is 1.15. The van der Waals surface area contributed by atoms with Gasteiger partial charge in [-0.1, -0.05) is 65.0 Å². The first kappa shape index (κ1) is 27.5. The van der Waals surface area contributed by atoms with Crippen molar-refractivity contribution in [3.8, 4) is 0 Å². The molecule has 0 bridgehead atoms. The second kappa shape index (κ2) is 11.9. The summed E-state index contributed by atoms with van der Waals surface area (Å²) in [7, 11) is -1.63. The molecule has 0 saturated carbocycles. The highest BCUT2D eigenvalue weighted by molar-refractivity contribution is 8.30. The molecule has 3 nitrogen and oxygen atoms in total. The molecule has 0 aliphatic rings. The lowest BCUT2D eigenvalue weighted by Crippen LogP contribution is -2.40. The van der Waals surface area contributed by atoms with Crippen molar-refractivity contribution >= 4 is 16.0 Å². The van der Waals surface area contributed by atoms with E-state index in [0.29, 0.717) is 6.54 Å². The van der Waals surface area contributed by atoms with E-state index in [9.17, 15) is 0 Å². The van der Waals surface area contributed by atoms with Crippen molar-refractivity contribution in [2.24, 2.45) is 0 Å². The second-order valence-corrected chi connectivity index (χ2v) is 12.6. The van der Waals surface area contributed by atoms with Gasteiger partial charge < -0.3 is 15.2 Å². The van der Waals surface area contributed by atoms with Crippen LogP contribution in [-0.4, -0.2) is 36.4 Å². The van der Waals surface area contributed by atoms with E-state index in [2.05, 4.69) is 50.5 Å². The molecule has 0 aliphatic carbocycles. The summed E-state index contributed by atoms with van der Waals surface area (Å²) in [5.74, 6) is 0. The SMILES string of the molecule is CC.Cc1c(N)cccc1CCNCC(C)(F)COS(C)(c1ccccc1)C(C)(C)C. The fourth-order valence-corrected chi connectivity index (χ4v) is 5.47. The Bertz CT molecular complexity index is 790. The molecule has 0 spiro atoms. The standard InChI is InChI=1S/C24H37FN2OS.C2H6/c1-19-20(11-10-14-22(19)26)15-16-27-17-24(5,25)18-28-29(6,23(2,3)4)21-12-8-7-9-13-21;1-2/h7-14,27H,15-18,26H2,1-6H3;1-2H3. The molecule has 2 rings (SSSR count). The van der Waals surface area contributed by atoms with Gasteiger partial charge in [0.2, 0.25) is 0 Å².